The number of amides is 1. The predicted molar refractivity (Wildman–Crippen MR) is 109 cm³/mol. The van der Waals surface area contributed by atoms with Gasteiger partial charge in [0.2, 0.25) is 0 Å². The molecule has 0 spiro atoms. The van der Waals surface area contributed by atoms with Crippen LogP contribution in [-0.4, -0.2) is 56.2 Å². The average molecular weight is 400 g/mol. The number of ether oxygens (including phenoxy) is 2. The summed E-state index contributed by atoms with van der Waals surface area (Å²) in [5.41, 5.74) is -0.579. The van der Waals surface area contributed by atoms with Crippen LogP contribution >= 0.6 is 0 Å². The molecule has 0 aromatic heterocycles. The fourth-order valence-corrected chi connectivity index (χ4v) is 3.97. The Morgan fingerprint density at radius 1 is 1.15 bits per heavy atom. The van der Waals surface area contributed by atoms with E-state index in [9.17, 15) is 9.59 Å². The first-order valence-electron chi connectivity index (χ1n) is 9.70. The van der Waals surface area contributed by atoms with Crippen LogP contribution < -0.4 is 0 Å². The van der Waals surface area contributed by atoms with Gasteiger partial charge < -0.3 is 13.9 Å². The first kappa shape index (κ1) is 23.7. The van der Waals surface area contributed by atoms with Crippen molar-refractivity contribution in [2.75, 3.05) is 13.2 Å². The molecule has 156 valence electrons. The fourth-order valence-electron chi connectivity index (χ4n) is 2.60. The zero-order valence-electron chi connectivity index (χ0n) is 18.4. The molecule has 6 nitrogen and oxygen atoms in total. The number of likely N-dealkylation sites (tertiary alicyclic amines) is 1. The average Bonchev–Trinajstić information content (AvgIpc) is 2.84. The molecule has 0 saturated carbocycles. The van der Waals surface area contributed by atoms with Crippen LogP contribution in [0.5, 0.6) is 0 Å². The van der Waals surface area contributed by atoms with Gasteiger partial charge in [0.05, 0.1) is 18.8 Å². The lowest BCUT2D eigenvalue weighted by molar-refractivity contribution is -0.137. The predicted octanol–water partition coefficient (Wildman–Crippen LogP) is 4.51. The summed E-state index contributed by atoms with van der Waals surface area (Å²) in [6, 6.07) is -0.349. The van der Waals surface area contributed by atoms with Crippen molar-refractivity contribution in [1.29, 1.82) is 0 Å². The Morgan fingerprint density at radius 2 is 1.74 bits per heavy atom. The molecule has 1 rings (SSSR count). The number of nitrogens with zero attached hydrogens (tertiary/aromatic N) is 1. The van der Waals surface area contributed by atoms with Crippen LogP contribution in [0.15, 0.2) is 12.2 Å². The summed E-state index contributed by atoms with van der Waals surface area (Å²) in [7, 11) is -2.02. The smallest absolute Gasteiger partial charge is 0.410 e. The van der Waals surface area contributed by atoms with Gasteiger partial charge in [0.15, 0.2) is 8.32 Å². The zero-order chi connectivity index (χ0) is 21.0. The molecular formula is C20H37NO5Si. The minimum Gasteiger partial charge on any atom is -0.463 e. The summed E-state index contributed by atoms with van der Waals surface area (Å²) in [5, 5.41) is 0.0573. The molecule has 0 N–H and O–H groups in total. The van der Waals surface area contributed by atoms with Crippen molar-refractivity contribution in [2.45, 2.75) is 90.8 Å². The van der Waals surface area contributed by atoms with Gasteiger partial charge in [-0.15, -0.1) is 0 Å². The van der Waals surface area contributed by atoms with Gasteiger partial charge in [-0.3, -0.25) is 4.90 Å². The molecule has 1 heterocycles. The van der Waals surface area contributed by atoms with E-state index in [1.165, 1.54) is 6.08 Å². The molecule has 0 aliphatic carbocycles. The number of esters is 1. The summed E-state index contributed by atoms with van der Waals surface area (Å²) in [6.45, 7) is 19.1. The van der Waals surface area contributed by atoms with Crippen molar-refractivity contribution in [3.05, 3.63) is 12.2 Å². The molecule has 2 atom stereocenters. The molecule has 27 heavy (non-hydrogen) atoms. The molecular weight excluding hydrogens is 362 g/mol. The Balaban J connectivity index is 3.05. The molecule has 1 aliphatic heterocycles. The maximum atomic E-state index is 12.7. The van der Waals surface area contributed by atoms with Gasteiger partial charge in [0, 0.05) is 12.6 Å². The minimum atomic E-state index is -2.02. The van der Waals surface area contributed by atoms with Crippen LogP contribution in [0.4, 0.5) is 4.79 Å². The van der Waals surface area contributed by atoms with Gasteiger partial charge >= 0.3 is 12.1 Å². The number of carbonyl (C=O) groups is 2. The first-order valence-corrected chi connectivity index (χ1v) is 12.6. The molecule has 0 radical (unpaired) electrons. The number of rotatable bonds is 5. The van der Waals surface area contributed by atoms with E-state index in [1.807, 2.05) is 20.8 Å². The zero-order valence-corrected chi connectivity index (χ0v) is 19.4. The molecule has 1 saturated heterocycles. The lowest BCUT2D eigenvalue weighted by Crippen LogP contribution is -2.48. The van der Waals surface area contributed by atoms with Crippen LogP contribution in [0.2, 0.25) is 18.1 Å². The number of hydrogen-bond acceptors (Lipinski definition) is 5. The molecule has 0 bridgehead atoms. The Kier molecular flexibility index (Phi) is 7.70. The highest BCUT2D eigenvalue weighted by Gasteiger charge is 2.45. The van der Waals surface area contributed by atoms with E-state index in [2.05, 4.69) is 33.9 Å². The second kappa shape index (κ2) is 8.77. The van der Waals surface area contributed by atoms with Gasteiger partial charge in [-0.05, 0) is 52.2 Å². The Bertz CT molecular complexity index is 560. The second-order valence-corrected chi connectivity index (χ2v) is 14.2. The standard InChI is InChI=1S/C20H37NO5Si/c1-10-24-17(22)12-11-15-16(26-27(8,9)20(5,6)7)13-14-21(15)18(23)25-19(2,3)4/h11-12,15-16H,10,13-14H2,1-9H3/t15-,16+/m1/s1. The maximum Gasteiger partial charge on any atom is 0.410 e. The summed E-state index contributed by atoms with van der Waals surface area (Å²) in [4.78, 5) is 26.1. The van der Waals surface area contributed by atoms with Crippen molar-refractivity contribution in [3.63, 3.8) is 0 Å². The van der Waals surface area contributed by atoms with Crippen LogP contribution in [0, 0.1) is 0 Å². The highest BCUT2D eigenvalue weighted by Crippen LogP contribution is 2.39. The van der Waals surface area contributed by atoms with Gasteiger partial charge in [-0.2, -0.15) is 0 Å². The van der Waals surface area contributed by atoms with Gasteiger partial charge in [0.25, 0.3) is 0 Å². The van der Waals surface area contributed by atoms with Gasteiger partial charge in [-0.25, -0.2) is 9.59 Å². The second-order valence-electron chi connectivity index (χ2n) is 9.48. The van der Waals surface area contributed by atoms with E-state index in [1.54, 1.807) is 17.9 Å². The lowest BCUT2D eigenvalue weighted by atomic mass is 10.1. The van der Waals surface area contributed by atoms with Crippen molar-refractivity contribution >= 4 is 20.4 Å². The minimum absolute atomic E-state index is 0.0573. The largest absolute Gasteiger partial charge is 0.463 e. The molecule has 7 heteroatoms. The Hall–Kier alpha value is -1.34. The van der Waals surface area contributed by atoms with Crippen molar-refractivity contribution < 1.29 is 23.5 Å². The van der Waals surface area contributed by atoms with Crippen LogP contribution in [-0.2, 0) is 18.7 Å². The van der Waals surface area contributed by atoms with Crippen molar-refractivity contribution in [3.8, 4) is 0 Å². The van der Waals surface area contributed by atoms with Crippen LogP contribution in [0.1, 0.15) is 54.9 Å². The number of carbonyl (C=O) groups excluding carboxylic acids is 2. The molecule has 0 aromatic rings. The van der Waals surface area contributed by atoms with Crippen LogP contribution in [0.25, 0.3) is 0 Å². The Labute approximate surface area is 165 Å². The number of hydrogen-bond donors (Lipinski definition) is 0. The van der Waals surface area contributed by atoms with Crippen molar-refractivity contribution in [1.82, 2.24) is 4.90 Å². The van der Waals surface area contributed by atoms with E-state index < -0.39 is 19.9 Å². The van der Waals surface area contributed by atoms with Gasteiger partial charge in [0.1, 0.15) is 5.60 Å². The maximum absolute atomic E-state index is 12.7. The van der Waals surface area contributed by atoms with E-state index in [0.29, 0.717) is 19.6 Å². The topological polar surface area (TPSA) is 65.1 Å². The molecule has 0 unspecified atom stereocenters. The fraction of sp³-hybridized carbons (Fsp3) is 0.800. The third kappa shape index (κ3) is 6.96. The van der Waals surface area contributed by atoms with Gasteiger partial charge in [-0.1, -0.05) is 26.8 Å². The SMILES string of the molecule is CCOC(=O)C=C[C@@H]1[C@@H](O[Si](C)(C)C(C)(C)C)CCN1C(=O)OC(C)(C)C. The van der Waals surface area contributed by atoms with E-state index in [4.69, 9.17) is 13.9 Å². The van der Waals surface area contributed by atoms with E-state index in [0.717, 1.165) is 0 Å². The third-order valence-corrected chi connectivity index (χ3v) is 9.50. The summed E-state index contributed by atoms with van der Waals surface area (Å²) >= 11 is 0. The quantitative estimate of drug-likeness (QED) is 0.387. The summed E-state index contributed by atoms with van der Waals surface area (Å²) in [5.74, 6) is -0.417. The first-order chi connectivity index (χ1) is 12.2. The van der Waals surface area contributed by atoms with Crippen LogP contribution in [0.3, 0.4) is 0 Å². The normalized spacial score (nSPS) is 21.6. The molecule has 1 aliphatic rings. The Morgan fingerprint density at radius 3 is 2.22 bits per heavy atom. The highest BCUT2D eigenvalue weighted by molar-refractivity contribution is 6.74. The highest BCUT2D eigenvalue weighted by atomic mass is 28.4. The monoisotopic (exact) mass is 399 g/mol. The van der Waals surface area contributed by atoms with E-state index in [-0.39, 0.29) is 23.3 Å². The third-order valence-electron chi connectivity index (χ3n) is 4.99. The van der Waals surface area contributed by atoms with Crippen molar-refractivity contribution in [2.24, 2.45) is 0 Å². The molecule has 0 aromatic carbocycles. The lowest BCUT2D eigenvalue weighted by Gasteiger charge is -2.40. The molecule has 1 amide bonds. The van der Waals surface area contributed by atoms with E-state index >= 15 is 0 Å². The molecule has 1 fully saturated rings. The summed E-state index contributed by atoms with van der Waals surface area (Å²) < 4.78 is 17.1. The summed E-state index contributed by atoms with van der Waals surface area (Å²) in [6.07, 6.45) is 3.27.